The monoisotopic (exact) mass is 619 g/mol. The molecule has 8 rings (SSSR count). The number of aromatic hydroxyl groups is 1. The molecule has 1 N–H and O–H groups in total. The maximum atomic E-state index is 14.9. The number of hydrogen-bond acceptors (Lipinski definition) is 9. The first-order valence-electron chi connectivity index (χ1n) is 16.0. The van der Waals surface area contributed by atoms with Gasteiger partial charge in [-0.3, -0.25) is 4.90 Å². The van der Waals surface area contributed by atoms with E-state index in [9.17, 15) is 18.7 Å². The van der Waals surface area contributed by atoms with Crippen LogP contribution in [0.1, 0.15) is 44.1 Å². The predicted octanol–water partition coefficient (Wildman–Crippen LogP) is 5.43. The van der Waals surface area contributed by atoms with E-state index < -0.39 is 17.6 Å². The average Bonchev–Trinajstić information content (AvgIpc) is 3.59. The number of piperidine rings is 1. The van der Waals surface area contributed by atoms with Crippen LogP contribution in [0.3, 0.4) is 0 Å². The van der Waals surface area contributed by atoms with Gasteiger partial charge in [0.05, 0.1) is 12.6 Å². The van der Waals surface area contributed by atoms with E-state index in [4.69, 9.17) is 9.15 Å². The number of rotatable bonds is 4. The molecule has 2 aromatic carbocycles. The fourth-order valence-corrected chi connectivity index (χ4v) is 7.51. The molecule has 4 saturated heterocycles. The fraction of sp³-hybridized carbons (Fsp3) is 0.500. The summed E-state index contributed by atoms with van der Waals surface area (Å²) in [5.74, 6) is 0.114. The lowest BCUT2D eigenvalue weighted by molar-refractivity contribution is 0.100. The molecule has 2 atom stereocenters. The van der Waals surface area contributed by atoms with Gasteiger partial charge in [-0.1, -0.05) is 12.1 Å². The van der Waals surface area contributed by atoms with Gasteiger partial charge in [-0.2, -0.15) is 9.97 Å². The summed E-state index contributed by atoms with van der Waals surface area (Å²) in [7, 11) is 1.49. The zero-order valence-electron chi connectivity index (χ0n) is 25.8. The van der Waals surface area contributed by atoms with E-state index in [0.717, 1.165) is 52.0 Å². The number of benzene rings is 2. The average molecular weight is 620 g/mol. The van der Waals surface area contributed by atoms with Crippen LogP contribution in [0.25, 0.3) is 33.0 Å². The van der Waals surface area contributed by atoms with Gasteiger partial charge in [-0.25, -0.2) is 13.6 Å². The third-order valence-electron chi connectivity index (χ3n) is 9.93. The second-order valence-corrected chi connectivity index (χ2v) is 12.7. The molecular formula is C34H39F2N5O4. The van der Waals surface area contributed by atoms with Gasteiger partial charge in [-0.15, -0.1) is 0 Å². The highest BCUT2D eigenvalue weighted by molar-refractivity contribution is 6.00. The van der Waals surface area contributed by atoms with Crippen molar-refractivity contribution in [3.8, 4) is 23.1 Å². The molecule has 0 radical (unpaired) electrons. The van der Waals surface area contributed by atoms with Crippen molar-refractivity contribution in [1.82, 2.24) is 19.8 Å². The molecule has 0 spiro atoms. The largest absolute Gasteiger partial charge is 0.508 e. The fourth-order valence-electron chi connectivity index (χ4n) is 7.51. The summed E-state index contributed by atoms with van der Waals surface area (Å²) in [6, 6.07) is 8.80. The predicted molar refractivity (Wildman–Crippen MR) is 169 cm³/mol. The Labute approximate surface area is 260 Å². The van der Waals surface area contributed by atoms with Gasteiger partial charge < -0.3 is 24.1 Å². The molecule has 4 aromatic rings. The van der Waals surface area contributed by atoms with Crippen molar-refractivity contribution >= 4 is 27.5 Å². The van der Waals surface area contributed by atoms with Crippen LogP contribution in [-0.2, 0) is 0 Å². The second-order valence-electron chi connectivity index (χ2n) is 12.7. The zero-order valence-corrected chi connectivity index (χ0v) is 25.8. The number of phenolic OH excluding ortho intramolecular Hbond substituents is 1. The molecule has 45 heavy (non-hydrogen) atoms. The van der Waals surface area contributed by atoms with Gasteiger partial charge in [0.1, 0.15) is 28.9 Å². The molecule has 0 bridgehead atoms. The van der Waals surface area contributed by atoms with Gasteiger partial charge in [0.25, 0.3) is 0 Å². The van der Waals surface area contributed by atoms with Crippen LogP contribution in [0.15, 0.2) is 39.5 Å². The first-order chi connectivity index (χ1) is 21.8. The molecule has 4 fully saturated rings. The smallest absolute Gasteiger partial charge is 0.349 e. The Morgan fingerprint density at radius 3 is 2.47 bits per heavy atom. The molecule has 0 saturated carbocycles. The van der Waals surface area contributed by atoms with Crippen molar-refractivity contribution < 1.29 is 23.0 Å². The summed E-state index contributed by atoms with van der Waals surface area (Å²) >= 11 is 0. The maximum Gasteiger partial charge on any atom is 0.349 e. The lowest BCUT2D eigenvalue weighted by Gasteiger charge is -2.43. The molecule has 238 valence electrons. The SMILES string of the molecule is COc1nc(N2CCC(N3CCC3)CC2)c2c(=O)oc(-c3cc(O)cc4cccc(F)c34)c(C)c2n1.FC1CC2CCCN2C1. The number of alkyl halides is 1. The number of phenols is 1. The molecular weight excluding hydrogens is 580 g/mol. The summed E-state index contributed by atoms with van der Waals surface area (Å²) in [5, 5.41) is 11.4. The number of aromatic nitrogens is 2. The number of hydrogen-bond donors (Lipinski definition) is 1. The number of likely N-dealkylation sites (tertiary alicyclic amines) is 1. The van der Waals surface area contributed by atoms with Crippen molar-refractivity contribution in [2.45, 2.75) is 63.7 Å². The molecule has 2 aromatic heterocycles. The highest BCUT2D eigenvalue weighted by Crippen LogP contribution is 2.38. The summed E-state index contributed by atoms with van der Waals surface area (Å²) in [5.41, 5.74) is 0.605. The topological polar surface area (TPSA) is 95.2 Å². The maximum absolute atomic E-state index is 14.9. The number of ether oxygens (including phenoxy) is 1. The molecule has 4 aliphatic heterocycles. The van der Waals surface area contributed by atoms with Crippen molar-refractivity contribution in [1.29, 1.82) is 0 Å². The standard InChI is InChI=1S/C27H27FN4O4.C7H12FN/c1-15-23-22(25(30-27(29-23)35-2)32-11-7-17(8-12-32)31-9-4-10-31)26(34)36-24(15)19-14-18(33)13-16-5-3-6-20(28)21(16)19;8-6-4-7-2-1-3-9(7)5-6/h3,5-6,13-14,17,33H,4,7-12H2,1-2H3;6-7H,1-5H2. The van der Waals surface area contributed by atoms with Gasteiger partial charge in [0.2, 0.25) is 0 Å². The number of halogens is 2. The number of aryl methyl sites for hydroxylation is 1. The second kappa shape index (κ2) is 12.2. The normalized spacial score (nSPS) is 22.4. The van der Waals surface area contributed by atoms with E-state index in [1.807, 2.05) is 0 Å². The van der Waals surface area contributed by atoms with Gasteiger partial charge in [-0.05, 0) is 88.7 Å². The Hall–Kier alpha value is -3.83. The third kappa shape index (κ3) is 5.61. The summed E-state index contributed by atoms with van der Waals surface area (Å²) in [6.45, 7) is 7.47. The van der Waals surface area contributed by atoms with Crippen molar-refractivity contribution in [3.63, 3.8) is 0 Å². The van der Waals surface area contributed by atoms with Crippen molar-refractivity contribution in [2.75, 3.05) is 51.3 Å². The zero-order chi connectivity index (χ0) is 31.2. The Kier molecular flexibility index (Phi) is 8.07. The number of methoxy groups -OCH3 is 1. The van der Waals surface area contributed by atoms with Gasteiger partial charge >= 0.3 is 11.6 Å². The van der Waals surface area contributed by atoms with E-state index in [2.05, 4.69) is 24.7 Å². The lowest BCUT2D eigenvalue weighted by atomic mass is 9.98. The Bertz CT molecular complexity index is 1770. The lowest BCUT2D eigenvalue weighted by Crippen LogP contribution is -2.50. The number of nitrogens with zero attached hydrogens (tertiary/aromatic N) is 5. The van der Waals surface area contributed by atoms with Crippen LogP contribution < -0.4 is 15.3 Å². The number of anilines is 1. The van der Waals surface area contributed by atoms with Gasteiger partial charge in [0.15, 0.2) is 5.82 Å². The van der Waals surface area contributed by atoms with E-state index in [1.165, 1.54) is 44.6 Å². The van der Waals surface area contributed by atoms with Crippen LogP contribution in [0, 0.1) is 12.7 Å². The minimum Gasteiger partial charge on any atom is -0.508 e. The molecule has 2 unspecified atom stereocenters. The van der Waals surface area contributed by atoms with E-state index >= 15 is 0 Å². The van der Waals surface area contributed by atoms with Gasteiger partial charge in [0, 0.05) is 48.2 Å². The quantitative estimate of drug-likeness (QED) is 0.321. The minimum absolute atomic E-state index is 0.0590. The number of fused-ring (bicyclic) bond motifs is 3. The Morgan fingerprint density at radius 2 is 1.76 bits per heavy atom. The molecule has 0 amide bonds. The van der Waals surface area contributed by atoms with Crippen molar-refractivity contribution in [3.05, 3.63) is 52.1 Å². The van der Waals surface area contributed by atoms with E-state index in [0.29, 0.717) is 40.9 Å². The summed E-state index contributed by atoms with van der Waals surface area (Å²) in [6.07, 6.45) is 6.05. The Balaban J connectivity index is 0.000000308. The third-order valence-corrected chi connectivity index (χ3v) is 9.93. The van der Waals surface area contributed by atoms with Crippen molar-refractivity contribution in [2.24, 2.45) is 0 Å². The molecule has 6 heterocycles. The molecule has 9 nitrogen and oxygen atoms in total. The minimum atomic E-state index is -0.610. The van der Waals surface area contributed by atoms with Crippen LogP contribution in [0.5, 0.6) is 11.8 Å². The first-order valence-corrected chi connectivity index (χ1v) is 16.0. The van der Waals surface area contributed by atoms with E-state index in [1.54, 1.807) is 19.1 Å². The summed E-state index contributed by atoms with van der Waals surface area (Å²) < 4.78 is 38.7. The van der Waals surface area contributed by atoms with E-state index in [-0.39, 0.29) is 33.9 Å². The molecule has 11 heteroatoms. The molecule has 4 aliphatic rings. The highest BCUT2D eigenvalue weighted by Gasteiger charge is 2.35. The molecule has 0 aliphatic carbocycles. The summed E-state index contributed by atoms with van der Waals surface area (Å²) in [4.78, 5) is 29.4. The van der Waals surface area contributed by atoms with Crippen LogP contribution in [0.4, 0.5) is 14.6 Å². The van der Waals surface area contributed by atoms with Crippen LogP contribution in [-0.4, -0.2) is 89.5 Å². The highest BCUT2D eigenvalue weighted by atomic mass is 19.1. The van der Waals surface area contributed by atoms with Crippen LogP contribution in [0.2, 0.25) is 0 Å². The Morgan fingerprint density at radius 1 is 0.978 bits per heavy atom. The van der Waals surface area contributed by atoms with Crippen LogP contribution >= 0.6 is 0 Å². The first kappa shape index (κ1) is 29.9.